The molecule has 0 radical (unpaired) electrons. The van der Waals surface area contributed by atoms with Crippen molar-refractivity contribution in [1.82, 2.24) is 4.31 Å². The summed E-state index contributed by atoms with van der Waals surface area (Å²) in [5, 5.41) is 2.71. The van der Waals surface area contributed by atoms with E-state index < -0.39 is 10.0 Å². The molecule has 2 rings (SSSR count). The zero-order chi connectivity index (χ0) is 21.4. The maximum atomic E-state index is 12.5. The van der Waals surface area contributed by atoms with Crippen molar-refractivity contribution in [3.8, 4) is 11.5 Å². The Balaban J connectivity index is 2.07. The first kappa shape index (κ1) is 22.4. The molecule has 156 valence electrons. The Hall–Kier alpha value is -2.84. The summed E-state index contributed by atoms with van der Waals surface area (Å²) in [5.41, 5.74) is 1.28. The highest BCUT2D eigenvalue weighted by Crippen LogP contribution is 2.28. The fourth-order valence-corrected chi connectivity index (χ4v) is 4.19. The zero-order valence-electron chi connectivity index (χ0n) is 17.0. The number of benzene rings is 2. The van der Waals surface area contributed by atoms with Gasteiger partial charge in [-0.05, 0) is 48.0 Å². The number of rotatable bonds is 9. The smallest absolute Gasteiger partial charge is 0.248 e. The van der Waals surface area contributed by atoms with E-state index in [0.29, 0.717) is 30.3 Å². The van der Waals surface area contributed by atoms with Crippen LogP contribution in [0.25, 0.3) is 6.08 Å². The highest BCUT2D eigenvalue weighted by molar-refractivity contribution is 7.89. The molecule has 0 unspecified atom stereocenters. The molecule has 2 aromatic rings. The highest BCUT2D eigenvalue weighted by atomic mass is 32.2. The number of nitrogens with one attached hydrogen (secondary N) is 1. The summed E-state index contributed by atoms with van der Waals surface area (Å²) in [7, 11) is -0.422. The SMILES string of the molecule is CCN(CC)S(=O)(=O)c1ccc(NC(=O)C=Cc2ccc(OC)c(OC)c2)cc1. The molecule has 0 heterocycles. The van der Waals surface area contributed by atoms with Crippen molar-refractivity contribution in [2.45, 2.75) is 18.7 Å². The molecule has 0 bridgehead atoms. The molecule has 29 heavy (non-hydrogen) atoms. The van der Waals surface area contributed by atoms with Gasteiger partial charge in [-0.15, -0.1) is 0 Å². The number of ether oxygens (including phenoxy) is 2. The van der Waals surface area contributed by atoms with E-state index in [0.717, 1.165) is 5.56 Å². The van der Waals surface area contributed by atoms with Crippen molar-refractivity contribution in [3.05, 3.63) is 54.1 Å². The Morgan fingerprint density at radius 2 is 1.62 bits per heavy atom. The zero-order valence-corrected chi connectivity index (χ0v) is 17.8. The van der Waals surface area contributed by atoms with Gasteiger partial charge in [0.25, 0.3) is 0 Å². The Morgan fingerprint density at radius 3 is 2.17 bits per heavy atom. The van der Waals surface area contributed by atoms with Gasteiger partial charge in [-0.3, -0.25) is 4.79 Å². The molecule has 2 aromatic carbocycles. The van der Waals surface area contributed by atoms with E-state index in [1.54, 1.807) is 64.5 Å². The molecule has 0 atom stereocenters. The first-order valence-corrected chi connectivity index (χ1v) is 10.6. The lowest BCUT2D eigenvalue weighted by molar-refractivity contribution is -0.111. The van der Waals surface area contributed by atoms with Gasteiger partial charge in [-0.2, -0.15) is 4.31 Å². The van der Waals surface area contributed by atoms with E-state index in [1.807, 2.05) is 0 Å². The van der Waals surface area contributed by atoms with E-state index in [4.69, 9.17) is 9.47 Å². The average molecular weight is 419 g/mol. The minimum Gasteiger partial charge on any atom is -0.493 e. The van der Waals surface area contributed by atoms with Gasteiger partial charge in [-0.25, -0.2) is 8.42 Å². The average Bonchev–Trinajstić information content (AvgIpc) is 2.73. The second-order valence-electron chi connectivity index (χ2n) is 6.05. The number of anilines is 1. The summed E-state index contributed by atoms with van der Waals surface area (Å²) in [6.45, 7) is 4.39. The fourth-order valence-electron chi connectivity index (χ4n) is 2.74. The van der Waals surface area contributed by atoms with Crippen LogP contribution in [0, 0.1) is 0 Å². The number of amides is 1. The first-order valence-electron chi connectivity index (χ1n) is 9.17. The Morgan fingerprint density at radius 1 is 1.00 bits per heavy atom. The summed E-state index contributed by atoms with van der Waals surface area (Å²) in [6, 6.07) is 11.4. The molecule has 0 spiro atoms. The molecule has 7 nitrogen and oxygen atoms in total. The van der Waals surface area contributed by atoms with Crippen LogP contribution in [0.3, 0.4) is 0 Å². The third kappa shape index (κ3) is 5.58. The highest BCUT2D eigenvalue weighted by Gasteiger charge is 2.21. The van der Waals surface area contributed by atoms with Crippen LogP contribution < -0.4 is 14.8 Å². The summed E-state index contributed by atoms with van der Waals surface area (Å²) >= 11 is 0. The van der Waals surface area contributed by atoms with Gasteiger partial charge in [0.05, 0.1) is 19.1 Å². The predicted molar refractivity (Wildman–Crippen MR) is 114 cm³/mol. The Kier molecular flexibility index (Phi) is 7.81. The number of hydrogen-bond acceptors (Lipinski definition) is 5. The van der Waals surface area contributed by atoms with Crippen molar-refractivity contribution in [1.29, 1.82) is 0 Å². The third-order valence-corrected chi connectivity index (χ3v) is 6.36. The molecule has 0 saturated carbocycles. The molecule has 1 amide bonds. The van der Waals surface area contributed by atoms with Crippen LogP contribution in [0.1, 0.15) is 19.4 Å². The minimum absolute atomic E-state index is 0.195. The third-order valence-electron chi connectivity index (χ3n) is 4.30. The largest absolute Gasteiger partial charge is 0.493 e. The van der Waals surface area contributed by atoms with Crippen molar-refractivity contribution in [2.24, 2.45) is 0 Å². The van der Waals surface area contributed by atoms with Crippen LogP contribution in [0.5, 0.6) is 11.5 Å². The van der Waals surface area contributed by atoms with Gasteiger partial charge in [-0.1, -0.05) is 19.9 Å². The van der Waals surface area contributed by atoms with Crippen LogP contribution in [-0.2, 0) is 14.8 Å². The van der Waals surface area contributed by atoms with Crippen molar-refractivity contribution in [3.63, 3.8) is 0 Å². The lowest BCUT2D eigenvalue weighted by Crippen LogP contribution is -2.30. The maximum absolute atomic E-state index is 12.5. The topological polar surface area (TPSA) is 84.9 Å². The monoisotopic (exact) mass is 418 g/mol. The number of carbonyl (C=O) groups is 1. The van der Waals surface area contributed by atoms with Crippen LogP contribution >= 0.6 is 0 Å². The molecule has 0 aliphatic carbocycles. The number of nitrogens with zero attached hydrogens (tertiary/aromatic N) is 1. The summed E-state index contributed by atoms with van der Waals surface area (Å²) < 4.78 is 36.8. The molecule has 0 saturated heterocycles. The molecule has 0 fully saturated rings. The van der Waals surface area contributed by atoms with Crippen LogP contribution in [-0.4, -0.2) is 45.9 Å². The summed E-state index contributed by atoms with van der Waals surface area (Å²) in [4.78, 5) is 12.4. The maximum Gasteiger partial charge on any atom is 0.248 e. The Labute approximate surface area is 172 Å². The summed E-state index contributed by atoms with van der Waals surface area (Å²) in [6.07, 6.45) is 3.04. The Bertz CT molecular complexity index is 965. The molecule has 0 aliphatic heterocycles. The normalized spacial score (nSPS) is 11.6. The van der Waals surface area contributed by atoms with Crippen molar-refractivity contribution in [2.75, 3.05) is 32.6 Å². The number of sulfonamides is 1. The minimum atomic E-state index is -3.52. The van der Waals surface area contributed by atoms with Gasteiger partial charge in [0.1, 0.15) is 0 Å². The molecular weight excluding hydrogens is 392 g/mol. The van der Waals surface area contributed by atoms with Crippen LogP contribution in [0.2, 0.25) is 0 Å². The first-order chi connectivity index (χ1) is 13.8. The molecular formula is C21H26N2O5S. The quantitative estimate of drug-likeness (QED) is 0.631. The molecule has 1 N–H and O–H groups in total. The van der Waals surface area contributed by atoms with E-state index in [9.17, 15) is 13.2 Å². The van der Waals surface area contributed by atoms with E-state index in [1.165, 1.54) is 22.5 Å². The molecule has 8 heteroatoms. The molecule has 0 aromatic heterocycles. The standard InChI is InChI=1S/C21H26N2O5S/c1-5-23(6-2)29(25,26)18-11-9-17(10-12-18)22-21(24)14-8-16-7-13-19(27-3)20(15-16)28-4/h7-15H,5-6H2,1-4H3,(H,22,24). The lowest BCUT2D eigenvalue weighted by Gasteiger charge is -2.18. The van der Waals surface area contributed by atoms with Crippen LogP contribution in [0.15, 0.2) is 53.4 Å². The van der Waals surface area contributed by atoms with Gasteiger partial charge in [0, 0.05) is 24.9 Å². The van der Waals surface area contributed by atoms with E-state index >= 15 is 0 Å². The van der Waals surface area contributed by atoms with Crippen LogP contribution in [0.4, 0.5) is 5.69 Å². The van der Waals surface area contributed by atoms with Crippen molar-refractivity contribution < 1.29 is 22.7 Å². The van der Waals surface area contributed by atoms with Crippen molar-refractivity contribution >= 4 is 27.7 Å². The second kappa shape index (κ2) is 10.1. The van der Waals surface area contributed by atoms with Gasteiger partial charge < -0.3 is 14.8 Å². The van der Waals surface area contributed by atoms with Gasteiger partial charge >= 0.3 is 0 Å². The lowest BCUT2D eigenvalue weighted by atomic mass is 10.2. The predicted octanol–water partition coefficient (Wildman–Crippen LogP) is 3.39. The van der Waals surface area contributed by atoms with Gasteiger partial charge in [0.15, 0.2) is 11.5 Å². The van der Waals surface area contributed by atoms with E-state index in [2.05, 4.69) is 5.32 Å². The number of methoxy groups -OCH3 is 2. The number of carbonyl (C=O) groups excluding carboxylic acids is 1. The summed E-state index contributed by atoms with van der Waals surface area (Å²) in [5.74, 6) is 0.841. The van der Waals surface area contributed by atoms with E-state index in [-0.39, 0.29) is 10.8 Å². The second-order valence-corrected chi connectivity index (χ2v) is 7.99. The number of hydrogen-bond donors (Lipinski definition) is 1. The van der Waals surface area contributed by atoms with Gasteiger partial charge in [0.2, 0.25) is 15.9 Å². The fraction of sp³-hybridized carbons (Fsp3) is 0.286. The molecule has 0 aliphatic rings.